The second-order valence-electron chi connectivity index (χ2n) is 3.67. The van der Waals surface area contributed by atoms with Gasteiger partial charge in [-0.15, -0.1) is 0 Å². The predicted octanol–water partition coefficient (Wildman–Crippen LogP) is -0.252. The number of hydrogen-bond acceptors (Lipinski definition) is 4. The number of aliphatic hydroxyl groups is 2. The van der Waals surface area contributed by atoms with Crippen LogP contribution in [0.3, 0.4) is 0 Å². The van der Waals surface area contributed by atoms with E-state index in [2.05, 4.69) is 0 Å². The molecule has 76 valence electrons. The van der Waals surface area contributed by atoms with E-state index >= 15 is 0 Å². The van der Waals surface area contributed by atoms with Crippen LogP contribution in [-0.4, -0.2) is 34.8 Å². The Balaban J connectivity index is 2.93. The molecule has 0 amide bonds. The molecule has 1 rings (SSSR count). The van der Waals surface area contributed by atoms with E-state index in [1.54, 1.807) is 6.92 Å². The van der Waals surface area contributed by atoms with E-state index in [0.29, 0.717) is 5.57 Å². The van der Waals surface area contributed by atoms with Crippen molar-refractivity contribution in [3.63, 3.8) is 0 Å². The molecule has 0 saturated carbocycles. The minimum absolute atomic E-state index is 0.423. The van der Waals surface area contributed by atoms with Gasteiger partial charge in [0.25, 0.3) is 0 Å². The van der Waals surface area contributed by atoms with Gasteiger partial charge >= 0.3 is 0 Å². The van der Waals surface area contributed by atoms with Crippen LogP contribution < -0.4 is 5.73 Å². The van der Waals surface area contributed by atoms with Crippen molar-refractivity contribution < 1.29 is 14.9 Å². The molecule has 0 aromatic rings. The lowest BCUT2D eigenvalue weighted by Gasteiger charge is -2.36. The van der Waals surface area contributed by atoms with E-state index in [1.165, 1.54) is 0 Å². The van der Waals surface area contributed by atoms with Crippen molar-refractivity contribution in [3.05, 3.63) is 11.1 Å². The molecular weight excluding hydrogens is 170 g/mol. The first-order valence-electron chi connectivity index (χ1n) is 4.39. The summed E-state index contributed by atoms with van der Waals surface area (Å²) in [6, 6.07) is -0.524. The number of allylic oxidation sites excluding steroid dienone is 1. The number of nitrogens with two attached hydrogens (primary N) is 1. The van der Waals surface area contributed by atoms with E-state index in [9.17, 15) is 10.2 Å². The third kappa shape index (κ3) is 1.91. The quantitative estimate of drug-likeness (QED) is 0.457. The highest BCUT2D eigenvalue weighted by atomic mass is 16.6. The summed E-state index contributed by atoms with van der Waals surface area (Å²) in [4.78, 5) is 0. The normalized spacial score (nSPS) is 40.6. The van der Waals surface area contributed by atoms with Gasteiger partial charge in [0.15, 0.2) is 6.29 Å². The third-order valence-electron chi connectivity index (χ3n) is 2.39. The maximum atomic E-state index is 9.59. The molecule has 1 aliphatic rings. The Bertz CT molecular complexity index is 223. The molecule has 4 N–H and O–H groups in total. The van der Waals surface area contributed by atoms with Crippen LogP contribution in [0.15, 0.2) is 11.1 Å². The highest BCUT2D eigenvalue weighted by Gasteiger charge is 2.36. The molecule has 1 fully saturated rings. The fraction of sp³-hybridized carbons (Fsp3) is 0.778. The SMILES string of the molecule is CC(C)=C1C(O)O[C@@H](C)[C@H](O)[C@@H]1N. The van der Waals surface area contributed by atoms with Gasteiger partial charge in [-0.25, -0.2) is 0 Å². The Morgan fingerprint density at radius 2 is 1.92 bits per heavy atom. The zero-order valence-corrected chi connectivity index (χ0v) is 8.19. The minimum atomic E-state index is -0.974. The summed E-state index contributed by atoms with van der Waals surface area (Å²) in [7, 11) is 0. The van der Waals surface area contributed by atoms with Crippen molar-refractivity contribution in [1.29, 1.82) is 0 Å². The highest BCUT2D eigenvalue weighted by Crippen LogP contribution is 2.24. The van der Waals surface area contributed by atoms with Crippen LogP contribution in [0.5, 0.6) is 0 Å². The molecule has 1 saturated heterocycles. The highest BCUT2D eigenvalue weighted by molar-refractivity contribution is 5.23. The molecule has 4 nitrogen and oxygen atoms in total. The fourth-order valence-electron chi connectivity index (χ4n) is 1.58. The smallest absolute Gasteiger partial charge is 0.179 e. The first-order valence-corrected chi connectivity index (χ1v) is 4.39. The number of hydrogen-bond donors (Lipinski definition) is 3. The van der Waals surface area contributed by atoms with Crippen molar-refractivity contribution in [3.8, 4) is 0 Å². The van der Waals surface area contributed by atoms with Gasteiger partial charge in [0.05, 0.1) is 18.2 Å². The summed E-state index contributed by atoms with van der Waals surface area (Å²) < 4.78 is 5.11. The molecule has 0 aliphatic carbocycles. The lowest BCUT2D eigenvalue weighted by Crippen LogP contribution is -2.53. The number of ether oxygens (including phenoxy) is 1. The van der Waals surface area contributed by atoms with Crippen molar-refractivity contribution in [2.45, 2.75) is 45.3 Å². The summed E-state index contributed by atoms with van der Waals surface area (Å²) in [5, 5.41) is 19.1. The van der Waals surface area contributed by atoms with Crippen molar-refractivity contribution in [2.75, 3.05) is 0 Å². The van der Waals surface area contributed by atoms with Crippen LogP contribution in [0.4, 0.5) is 0 Å². The molecule has 13 heavy (non-hydrogen) atoms. The molecule has 1 aliphatic heterocycles. The average molecular weight is 187 g/mol. The maximum Gasteiger partial charge on any atom is 0.179 e. The second kappa shape index (κ2) is 3.75. The van der Waals surface area contributed by atoms with Gasteiger partial charge in [-0.2, -0.15) is 0 Å². The van der Waals surface area contributed by atoms with Crippen molar-refractivity contribution >= 4 is 0 Å². The lowest BCUT2D eigenvalue weighted by molar-refractivity contribution is -0.168. The lowest BCUT2D eigenvalue weighted by atomic mass is 9.92. The van der Waals surface area contributed by atoms with Crippen LogP contribution in [0.1, 0.15) is 20.8 Å². The van der Waals surface area contributed by atoms with Gasteiger partial charge < -0.3 is 20.7 Å². The van der Waals surface area contributed by atoms with Crippen LogP contribution in [0, 0.1) is 0 Å². The van der Waals surface area contributed by atoms with E-state index in [1.807, 2.05) is 13.8 Å². The summed E-state index contributed by atoms with van der Waals surface area (Å²) in [5.74, 6) is 0. The first kappa shape index (κ1) is 10.7. The van der Waals surface area contributed by atoms with E-state index in [4.69, 9.17) is 10.5 Å². The van der Waals surface area contributed by atoms with Crippen molar-refractivity contribution in [2.24, 2.45) is 5.73 Å². The maximum absolute atomic E-state index is 9.59. The average Bonchev–Trinajstić information content (AvgIpc) is 1.99. The molecule has 1 unspecified atom stereocenters. The van der Waals surface area contributed by atoms with E-state index < -0.39 is 24.5 Å². The van der Waals surface area contributed by atoms with Gasteiger partial charge in [0.2, 0.25) is 0 Å². The second-order valence-corrected chi connectivity index (χ2v) is 3.67. The summed E-state index contributed by atoms with van der Waals surface area (Å²) in [6.45, 7) is 5.37. The van der Waals surface area contributed by atoms with Gasteiger partial charge in [-0.05, 0) is 20.8 Å². The van der Waals surface area contributed by atoms with E-state index in [0.717, 1.165) is 5.57 Å². The van der Waals surface area contributed by atoms with Gasteiger partial charge in [0.1, 0.15) is 0 Å². The van der Waals surface area contributed by atoms with Gasteiger partial charge in [-0.1, -0.05) is 5.57 Å². The Hall–Kier alpha value is -0.420. The Morgan fingerprint density at radius 3 is 2.38 bits per heavy atom. The number of rotatable bonds is 0. The summed E-state index contributed by atoms with van der Waals surface area (Å²) in [6.07, 6.45) is -2.14. The molecule has 0 bridgehead atoms. The molecule has 0 aromatic heterocycles. The van der Waals surface area contributed by atoms with Crippen LogP contribution >= 0.6 is 0 Å². The zero-order chi connectivity index (χ0) is 10.2. The predicted molar refractivity (Wildman–Crippen MR) is 48.9 cm³/mol. The van der Waals surface area contributed by atoms with E-state index in [-0.39, 0.29) is 0 Å². The minimum Gasteiger partial charge on any atom is -0.388 e. The first-order chi connectivity index (χ1) is 5.95. The third-order valence-corrected chi connectivity index (χ3v) is 2.39. The topological polar surface area (TPSA) is 75.7 Å². The largest absolute Gasteiger partial charge is 0.388 e. The molecule has 0 aromatic carbocycles. The fourth-order valence-corrected chi connectivity index (χ4v) is 1.58. The van der Waals surface area contributed by atoms with Crippen molar-refractivity contribution in [1.82, 2.24) is 0 Å². The summed E-state index contributed by atoms with van der Waals surface area (Å²) in [5.41, 5.74) is 7.24. The Labute approximate surface area is 78.0 Å². The summed E-state index contributed by atoms with van der Waals surface area (Å²) >= 11 is 0. The number of aliphatic hydroxyl groups excluding tert-OH is 2. The molecule has 4 heteroatoms. The zero-order valence-electron chi connectivity index (χ0n) is 8.19. The molecule has 0 spiro atoms. The molecule has 1 heterocycles. The molecule has 4 atom stereocenters. The Kier molecular flexibility index (Phi) is 3.08. The molecular formula is C9H17NO3. The molecule has 0 radical (unpaired) electrons. The van der Waals surface area contributed by atoms with Crippen LogP contribution in [-0.2, 0) is 4.74 Å². The monoisotopic (exact) mass is 187 g/mol. The van der Waals surface area contributed by atoms with Crippen LogP contribution in [0.25, 0.3) is 0 Å². The van der Waals surface area contributed by atoms with Gasteiger partial charge in [-0.3, -0.25) is 0 Å². The Morgan fingerprint density at radius 1 is 1.38 bits per heavy atom. The van der Waals surface area contributed by atoms with Gasteiger partial charge in [0, 0.05) is 5.57 Å². The van der Waals surface area contributed by atoms with Crippen LogP contribution in [0.2, 0.25) is 0 Å². The standard InChI is InChI=1S/C9H17NO3/c1-4(2)6-7(10)8(11)5(3)13-9(6)12/h5,7-9,11-12H,10H2,1-3H3/t5-,7+,8-,9?/m0/s1.